The van der Waals surface area contributed by atoms with Gasteiger partial charge in [-0.15, -0.1) is 0 Å². The molecular formula is C22H23N3O2. The Kier molecular flexibility index (Phi) is 4.54. The number of rotatable bonds is 2. The molecule has 0 bridgehead atoms. The quantitative estimate of drug-likeness (QED) is 0.755. The average molecular weight is 361 g/mol. The van der Waals surface area contributed by atoms with Gasteiger partial charge in [-0.1, -0.05) is 24.3 Å². The van der Waals surface area contributed by atoms with E-state index < -0.39 is 0 Å². The summed E-state index contributed by atoms with van der Waals surface area (Å²) in [5.41, 5.74) is 8.56. The Hall–Kier alpha value is -2.92. The number of fused-ring (bicyclic) bond motifs is 1. The molecule has 0 spiro atoms. The summed E-state index contributed by atoms with van der Waals surface area (Å²) in [6, 6.07) is 15.8. The number of anilines is 1. The molecule has 5 nitrogen and oxygen atoms in total. The summed E-state index contributed by atoms with van der Waals surface area (Å²) in [7, 11) is 0. The van der Waals surface area contributed by atoms with E-state index in [2.05, 4.69) is 11.1 Å². The van der Waals surface area contributed by atoms with Crippen molar-refractivity contribution in [2.45, 2.75) is 26.1 Å². The standard InChI is InChI=1S/C22H23N3O2/c1-14-12-25(13-15(2)27-14)22(26)18-5-3-4-16(8-18)17-6-7-19-11-24-21(23)10-20(19)9-17/h3-11,14-15H,12-13H2,1-2H3,(H2,23,24)/t14-,15+. The summed E-state index contributed by atoms with van der Waals surface area (Å²) in [4.78, 5) is 19.0. The minimum absolute atomic E-state index is 0.0492. The number of nitrogen functional groups attached to an aromatic ring is 1. The van der Waals surface area contributed by atoms with Gasteiger partial charge >= 0.3 is 0 Å². The number of pyridine rings is 1. The van der Waals surface area contributed by atoms with Crippen molar-refractivity contribution < 1.29 is 9.53 Å². The molecule has 2 N–H and O–H groups in total. The number of amides is 1. The maximum atomic E-state index is 13.0. The van der Waals surface area contributed by atoms with E-state index in [1.807, 2.05) is 61.2 Å². The number of hydrogen-bond donors (Lipinski definition) is 1. The molecule has 0 aliphatic carbocycles. The van der Waals surface area contributed by atoms with Crippen molar-refractivity contribution in [2.24, 2.45) is 0 Å². The summed E-state index contributed by atoms with van der Waals surface area (Å²) in [6.07, 6.45) is 1.88. The molecule has 1 fully saturated rings. The lowest BCUT2D eigenvalue weighted by molar-refractivity contribution is -0.0586. The predicted octanol–water partition coefficient (Wildman–Crippen LogP) is 3.73. The lowest BCUT2D eigenvalue weighted by Gasteiger charge is -2.35. The first-order valence-electron chi connectivity index (χ1n) is 9.20. The molecule has 0 radical (unpaired) electrons. The second kappa shape index (κ2) is 7.00. The van der Waals surface area contributed by atoms with Gasteiger partial charge in [0, 0.05) is 30.2 Å². The molecule has 1 amide bonds. The SMILES string of the molecule is C[C@@H]1CN(C(=O)c2cccc(-c3ccc4cnc(N)cc4c3)c2)C[C@H](C)O1. The van der Waals surface area contributed by atoms with Gasteiger partial charge in [-0.2, -0.15) is 0 Å². The van der Waals surface area contributed by atoms with E-state index >= 15 is 0 Å². The van der Waals surface area contributed by atoms with Crippen molar-refractivity contribution in [2.75, 3.05) is 18.8 Å². The summed E-state index contributed by atoms with van der Waals surface area (Å²) >= 11 is 0. The topological polar surface area (TPSA) is 68.5 Å². The molecule has 1 aliphatic heterocycles. The largest absolute Gasteiger partial charge is 0.384 e. The maximum Gasteiger partial charge on any atom is 0.254 e. The van der Waals surface area contributed by atoms with Gasteiger partial charge in [-0.05, 0) is 54.6 Å². The third-order valence-electron chi connectivity index (χ3n) is 4.89. The molecule has 3 aromatic rings. The number of carbonyl (C=O) groups is 1. The lowest BCUT2D eigenvalue weighted by atomic mass is 10.00. The average Bonchev–Trinajstić information content (AvgIpc) is 2.66. The van der Waals surface area contributed by atoms with Crippen molar-refractivity contribution in [1.29, 1.82) is 0 Å². The number of ether oxygens (including phenoxy) is 1. The van der Waals surface area contributed by atoms with Crippen LogP contribution in [0.1, 0.15) is 24.2 Å². The molecule has 138 valence electrons. The van der Waals surface area contributed by atoms with Crippen LogP contribution in [-0.4, -0.2) is 41.1 Å². The van der Waals surface area contributed by atoms with Crippen molar-refractivity contribution in [3.8, 4) is 11.1 Å². The van der Waals surface area contributed by atoms with Gasteiger partial charge in [0.2, 0.25) is 0 Å². The molecule has 27 heavy (non-hydrogen) atoms. The molecule has 1 aliphatic rings. The van der Waals surface area contributed by atoms with Crippen LogP contribution in [0.4, 0.5) is 5.82 Å². The van der Waals surface area contributed by atoms with Crippen LogP contribution in [0.2, 0.25) is 0 Å². The molecule has 0 saturated carbocycles. The van der Waals surface area contributed by atoms with Crippen molar-refractivity contribution in [3.05, 3.63) is 60.3 Å². The summed E-state index contributed by atoms with van der Waals surface area (Å²) in [5, 5.41) is 2.07. The fraction of sp³-hybridized carbons (Fsp3) is 0.273. The van der Waals surface area contributed by atoms with Crippen LogP contribution in [0.25, 0.3) is 21.9 Å². The first-order valence-corrected chi connectivity index (χ1v) is 9.20. The fourth-order valence-electron chi connectivity index (χ4n) is 3.70. The smallest absolute Gasteiger partial charge is 0.254 e. The number of morpholine rings is 1. The fourth-order valence-corrected chi connectivity index (χ4v) is 3.70. The van der Waals surface area contributed by atoms with Crippen LogP contribution in [0.5, 0.6) is 0 Å². The zero-order valence-electron chi connectivity index (χ0n) is 15.6. The highest BCUT2D eigenvalue weighted by Crippen LogP contribution is 2.26. The Morgan fingerprint density at radius 2 is 1.78 bits per heavy atom. The number of aromatic nitrogens is 1. The Balaban J connectivity index is 1.65. The molecule has 1 aromatic heterocycles. The molecule has 1 saturated heterocycles. The monoisotopic (exact) mass is 361 g/mol. The van der Waals surface area contributed by atoms with E-state index in [-0.39, 0.29) is 18.1 Å². The van der Waals surface area contributed by atoms with E-state index in [1.54, 1.807) is 6.20 Å². The van der Waals surface area contributed by atoms with Crippen LogP contribution in [0, 0.1) is 0 Å². The third-order valence-corrected chi connectivity index (χ3v) is 4.89. The number of hydrogen-bond acceptors (Lipinski definition) is 4. The van der Waals surface area contributed by atoms with Crippen molar-refractivity contribution in [1.82, 2.24) is 9.88 Å². The second-order valence-electron chi connectivity index (χ2n) is 7.22. The summed E-state index contributed by atoms with van der Waals surface area (Å²) in [5.74, 6) is 0.548. The Morgan fingerprint density at radius 1 is 1.04 bits per heavy atom. The van der Waals surface area contributed by atoms with Gasteiger partial charge in [0.25, 0.3) is 5.91 Å². The Bertz CT molecular complexity index is 992. The number of benzene rings is 2. The van der Waals surface area contributed by atoms with Crippen LogP contribution < -0.4 is 5.73 Å². The van der Waals surface area contributed by atoms with Crippen LogP contribution in [0.3, 0.4) is 0 Å². The molecular weight excluding hydrogens is 338 g/mol. The van der Waals surface area contributed by atoms with Gasteiger partial charge in [0.1, 0.15) is 5.82 Å². The number of carbonyl (C=O) groups excluding carboxylic acids is 1. The van der Waals surface area contributed by atoms with Gasteiger partial charge < -0.3 is 15.4 Å². The predicted molar refractivity (Wildman–Crippen MR) is 108 cm³/mol. The van der Waals surface area contributed by atoms with Crippen molar-refractivity contribution >= 4 is 22.5 Å². The lowest BCUT2D eigenvalue weighted by Crippen LogP contribution is -2.48. The van der Waals surface area contributed by atoms with E-state index in [0.29, 0.717) is 24.5 Å². The summed E-state index contributed by atoms with van der Waals surface area (Å²) < 4.78 is 5.74. The third kappa shape index (κ3) is 3.64. The molecule has 0 unspecified atom stereocenters. The zero-order chi connectivity index (χ0) is 19.0. The Morgan fingerprint density at radius 3 is 2.56 bits per heavy atom. The Labute approximate surface area is 158 Å². The number of nitrogens with zero attached hydrogens (tertiary/aromatic N) is 2. The summed E-state index contributed by atoms with van der Waals surface area (Å²) in [6.45, 7) is 5.25. The first kappa shape index (κ1) is 17.5. The molecule has 4 rings (SSSR count). The highest BCUT2D eigenvalue weighted by Gasteiger charge is 2.26. The minimum Gasteiger partial charge on any atom is -0.384 e. The van der Waals surface area contributed by atoms with Gasteiger partial charge in [0.05, 0.1) is 12.2 Å². The van der Waals surface area contributed by atoms with Gasteiger partial charge in [-0.3, -0.25) is 4.79 Å². The molecule has 2 aromatic carbocycles. The second-order valence-corrected chi connectivity index (χ2v) is 7.22. The van der Waals surface area contributed by atoms with Crippen molar-refractivity contribution in [3.63, 3.8) is 0 Å². The van der Waals surface area contributed by atoms with Crippen LogP contribution >= 0.6 is 0 Å². The van der Waals surface area contributed by atoms with Gasteiger partial charge in [0.15, 0.2) is 0 Å². The zero-order valence-corrected chi connectivity index (χ0v) is 15.6. The van der Waals surface area contributed by atoms with E-state index in [4.69, 9.17) is 10.5 Å². The van der Waals surface area contributed by atoms with Crippen LogP contribution in [0.15, 0.2) is 54.7 Å². The molecule has 5 heteroatoms. The molecule has 2 heterocycles. The highest BCUT2D eigenvalue weighted by molar-refractivity contribution is 5.96. The normalized spacial score (nSPS) is 20.0. The highest BCUT2D eigenvalue weighted by atomic mass is 16.5. The molecule has 2 atom stereocenters. The van der Waals surface area contributed by atoms with Gasteiger partial charge in [-0.25, -0.2) is 4.98 Å². The van der Waals surface area contributed by atoms with E-state index in [1.165, 1.54) is 0 Å². The van der Waals surface area contributed by atoms with Crippen LogP contribution in [-0.2, 0) is 4.74 Å². The number of nitrogens with two attached hydrogens (primary N) is 1. The first-order chi connectivity index (χ1) is 13.0. The van der Waals surface area contributed by atoms with E-state index in [0.717, 1.165) is 21.9 Å². The minimum atomic E-state index is 0.0492. The van der Waals surface area contributed by atoms with E-state index in [9.17, 15) is 4.79 Å². The maximum absolute atomic E-state index is 13.0.